The average Bonchev–Trinajstić information content (AvgIpc) is 2.98. The van der Waals surface area contributed by atoms with Crippen molar-refractivity contribution in [1.82, 2.24) is 10.3 Å². The van der Waals surface area contributed by atoms with Crippen LogP contribution in [0.5, 0.6) is 11.5 Å². The topological polar surface area (TPSA) is 112 Å². The molecule has 128 valence electrons. The summed E-state index contributed by atoms with van der Waals surface area (Å²) < 4.78 is 15.2. The van der Waals surface area contributed by atoms with E-state index in [9.17, 15) is 4.79 Å². The van der Waals surface area contributed by atoms with Crippen LogP contribution in [0.3, 0.4) is 0 Å². The number of aromatic nitrogens is 2. The zero-order chi connectivity index (χ0) is 17.1. The molecule has 8 nitrogen and oxygen atoms in total. The Balaban J connectivity index is 1.78. The molecule has 0 bridgehead atoms. The molecule has 0 unspecified atom stereocenters. The number of ether oxygens (including phenoxy) is 2. The molecular weight excluding hydrogens is 312 g/mol. The lowest BCUT2D eigenvalue weighted by Crippen LogP contribution is -2.31. The summed E-state index contributed by atoms with van der Waals surface area (Å²) in [7, 11) is 3.19. The lowest BCUT2D eigenvalue weighted by molar-refractivity contribution is -0.120. The molecule has 1 aliphatic carbocycles. The summed E-state index contributed by atoms with van der Waals surface area (Å²) in [5.74, 6) is 2.16. The Bertz CT molecular complexity index is 731. The molecule has 1 saturated carbocycles. The molecule has 0 radical (unpaired) electrons. The maximum Gasteiger partial charge on any atom is 0.215 e. The Labute approximate surface area is 139 Å². The van der Waals surface area contributed by atoms with Crippen LogP contribution >= 0.6 is 0 Å². The molecule has 0 saturated heterocycles. The quantitative estimate of drug-likeness (QED) is 0.854. The predicted molar refractivity (Wildman–Crippen MR) is 87.3 cm³/mol. The van der Waals surface area contributed by atoms with E-state index in [0.29, 0.717) is 30.2 Å². The number of nitrogens with two attached hydrogens (primary N) is 1. The minimum absolute atomic E-state index is 0.0708. The monoisotopic (exact) mass is 332 g/mol. The van der Waals surface area contributed by atoms with Crippen molar-refractivity contribution in [1.29, 1.82) is 0 Å². The molecule has 3 rings (SSSR count). The third-order valence-electron chi connectivity index (χ3n) is 4.25. The van der Waals surface area contributed by atoms with Gasteiger partial charge in [-0.15, -0.1) is 0 Å². The van der Waals surface area contributed by atoms with Gasteiger partial charge in [-0.1, -0.05) is 6.07 Å². The van der Waals surface area contributed by atoms with Crippen molar-refractivity contribution >= 4 is 17.4 Å². The number of ketones is 1. The summed E-state index contributed by atoms with van der Waals surface area (Å²) in [4.78, 5) is 12.2. The lowest BCUT2D eigenvalue weighted by Gasteiger charge is -2.29. The van der Waals surface area contributed by atoms with Crippen LogP contribution in [-0.4, -0.2) is 36.4 Å². The van der Waals surface area contributed by atoms with Gasteiger partial charge >= 0.3 is 0 Å². The molecule has 1 aliphatic rings. The van der Waals surface area contributed by atoms with E-state index in [0.717, 1.165) is 12.0 Å². The van der Waals surface area contributed by atoms with Crippen LogP contribution in [0.4, 0.5) is 11.6 Å². The molecule has 1 heterocycles. The minimum Gasteiger partial charge on any atom is -0.493 e. The van der Waals surface area contributed by atoms with Crippen molar-refractivity contribution in [3.63, 3.8) is 0 Å². The number of nitrogen functional groups attached to an aromatic ring is 1. The number of carbonyl (C=O) groups is 1. The number of methoxy groups -OCH3 is 2. The maximum absolute atomic E-state index is 12.2. The molecule has 24 heavy (non-hydrogen) atoms. The van der Waals surface area contributed by atoms with Crippen LogP contribution in [-0.2, 0) is 4.79 Å². The van der Waals surface area contributed by atoms with E-state index >= 15 is 0 Å². The number of nitrogens with zero attached hydrogens (tertiary/aromatic N) is 2. The second-order valence-corrected chi connectivity index (χ2v) is 5.83. The highest BCUT2D eigenvalue weighted by atomic mass is 16.6. The normalized spacial score (nSPS) is 20.7. The largest absolute Gasteiger partial charge is 0.493 e. The zero-order valence-corrected chi connectivity index (χ0v) is 13.6. The first kappa shape index (κ1) is 16.1. The van der Waals surface area contributed by atoms with Gasteiger partial charge in [-0.2, -0.15) is 0 Å². The van der Waals surface area contributed by atoms with Gasteiger partial charge in [-0.3, -0.25) is 4.79 Å². The van der Waals surface area contributed by atoms with Crippen molar-refractivity contribution < 1.29 is 18.9 Å². The number of carbonyl (C=O) groups excluding carboxylic acids is 1. The van der Waals surface area contributed by atoms with E-state index in [1.807, 2.05) is 18.2 Å². The molecule has 0 amide bonds. The van der Waals surface area contributed by atoms with Gasteiger partial charge in [0.1, 0.15) is 5.78 Å². The van der Waals surface area contributed by atoms with E-state index < -0.39 is 0 Å². The molecule has 3 N–H and O–H groups in total. The first-order valence-electron chi connectivity index (χ1n) is 7.69. The van der Waals surface area contributed by atoms with Crippen LogP contribution in [0.1, 0.15) is 30.7 Å². The Morgan fingerprint density at radius 3 is 2.67 bits per heavy atom. The number of rotatable bonds is 5. The fourth-order valence-corrected chi connectivity index (χ4v) is 3.10. The van der Waals surface area contributed by atoms with E-state index in [4.69, 9.17) is 15.2 Å². The minimum atomic E-state index is -0.0708. The number of anilines is 2. The molecule has 2 atom stereocenters. The Morgan fingerprint density at radius 1 is 1.21 bits per heavy atom. The van der Waals surface area contributed by atoms with Gasteiger partial charge in [0.25, 0.3) is 0 Å². The van der Waals surface area contributed by atoms with E-state index in [1.165, 1.54) is 0 Å². The third-order valence-corrected chi connectivity index (χ3v) is 4.25. The zero-order valence-electron chi connectivity index (χ0n) is 13.6. The summed E-state index contributed by atoms with van der Waals surface area (Å²) in [6.07, 6.45) is 1.70. The smallest absolute Gasteiger partial charge is 0.215 e. The summed E-state index contributed by atoms with van der Waals surface area (Å²) in [6.45, 7) is 0. The highest BCUT2D eigenvalue weighted by molar-refractivity contribution is 5.81. The summed E-state index contributed by atoms with van der Waals surface area (Å²) in [6, 6.07) is 5.67. The third kappa shape index (κ3) is 3.27. The first-order chi connectivity index (χ1) is 11.6. The maximum atomic E-state index is 12.2. The fraction of sp³-hybridized carbons (Fsp3) is 0.438. The highest BCUT2D eigenvalue weighted by Crippen LogP contribution is 2.37. The summed E-state index contributed by atoms with van der Waals surface area (Å²) in [5.41, 5.74) is 6.70. The van der Waals surface area contributed by atoms with Crippen LogP contribution in [0.2, 0.25) is 0 Å². The lowest BCUT2D eigenvalue weighted by atomic mass is 9.80. The van der Waals surface area contributed by atoms with Crippen LogP contribution in [0.15, 0.2) is 22.8 Å². The molecule has 0 aliphatic heterocycles. The van der Waals surface area contributed by atoms with Crippen molar-refractivity contribution in [2.45, 2.75) is 31.2 Å². The number of benzene rings is 1. The van der Waals surface area contributed by atoms with Crippen molar-refractivity contribution in [2.24, 2.45) is 0 Å². The molecule has 0 spiro atoms. The number of hydrogen-bond donors (Lipinski definition) is 2. The highest BCUT2D eigenvalue weighted by Gasteiger charge is 2.30. The Morgan fingerprint density at radius 2 is 2.00 bits per heavy atom. The van der Waals surface area contributed by atoms with E-state index in [1.54, 1.807) is 14.2 Å². The SMILES string of the molecule is COc1ccc([C@@H]2CC(=O)C[C@H](Nc3nonc3N)C2)cc1OC. The van der Waals surface area contributed by atoms with Gasteiger partial charge in [0.15, 0.2) is 11.5 Å². The van der Waals surface area contributed by atoms with Crippen molar-refractivity contribution in [3.05, 3.63) is 23.8 Å². The van der Waals surface area contributed by atoms with Crippen molar-refractivity contribution in [3.8, 4) is 11.5 Å². The van der Waals surface area contributed by atoms with Crippen LogP contribution in [0, 0.1) is 0 Å². The predicted octanol–water partition coefficient (Wildman–Crippen LogP) is 1.99. The van der Waals surface area contributed by atoms with Crippen LogP contribution < -0.4 is 20.5 Å². The molecule has 2 aromatic rings. The summed E-state index contributed by atoms with van der Waals surface area (Å²) in [5, 5.41) is 10.4. The van der Waals surface area contributed by atoms with Gasteiger partial charge in [-0.05, 0) is 40.3 Å². The molecule has 8 heteroatoms. The number of Topliss-reactive ketones (excluding diaryl/α,β-unsaturated/α-hetero) is 1. The van der Waals surface area contributed by atoms with Crippen molar-refractivity contribution in [2.75, 3.05) is 25.3 Å². The molecular formula is C16H20N4O4. The molecule has 1 aromatic heterocycles. The van der Waals surface area contributed by atoms with E-state index in [2.05, 4.69) is 20.3 Å². The number of hydrogen-bond acceptors (Lipinski definition) is 8. The number of nitrogens with one attached hydrogen (secondary N) is 1. The first-order valence-corrected chi connectivity index (χ1v) is 7.69. The second-order valence-electron chi connectivity index (χ2n) is 5.83. The van der Waals surface area contributed by atoms with E-state index in [-0.39, 0.29) is 23.6 Å². The average molecular weight is 332 g/mol. The van der Waals surface area contributed by atoms with Gasteiger partial charge in [0.2, 0.25) is 11.6 Å². The fourth-order valence-electron chi connectivity index (χ4n) is 3.10. The summed E-state index contributed by atoms with van der Waals surface area (Å²) >= 11 is 0. The Kier molecular flexibility index (Phi) is 4.54. The van der Waals surface area contributed by atoms with Gasteiger partial charge < -0.3 is 20.5 Å². The Hall–Kier alpha value is -2.77. The van der Waals surface area contributed by atoms with Gasteiger partial charge in [0, 0.05) is 18.9 Å². The van der Waals surface area contributed by atoms with Crippen LogP contribution in [0.25, 0.3) is 0 Å². The second kappa shape index (κ2) is 6.77. The van der Waals surface area contributed by atoms with Gasteiger partial charge in [0.05, 0.1) is 14.2 Å². The molecule has 1 aromatic carbocycles. The van der Waals surface area contributed by atoms with Gasteiger partial charge in [-0.25, -0.2) is 4.63 Å². The molecule has 1 fully saturated rings. The standard InChI is InChI=1S/C16H20N4O4/c1-22-13-4-3-9(7-14(13)23-2)10-5-11(8-12(21)6-10)18-16-15(17)19-24-20-16/h3-4,7,10-11H,5-6,8H2,1-2H3,(H2,17,19)(H,18,20)/t10-,11+/m0/s1.